The molecule has 3 aromatic rings. The summed E-state index contributed by atoms with van der Waals surface area (Å²) in [5.74, 6) is 0.540. The van der Waals surface area contributed by atoms with Crippen molar-refractivity contribution in [1.82, 2.24) is 30.4 Å². The minimum Gasteiger partial charge on any atom is -0.383 e. The van der Waals surface area contributed by atoms with Crippen LogP contribution in [0, 0.1) is 13.8 Å². The number of anilines is 1. The van der Waals surface area contributed by atoms with Gasteiger partial charge in [0.2, 0.25) is 0 Å². The van der Waals surface area contributed by atoms with Crippen LogP contribution in [0.25, 0.3) is 0 Å². The van der Waals surface area contributed by atoms with Crippen LogP contribution in [-0.2, 0) is 6.54 Å². The third kappa shape index (κ3) is 3.89. The van der Waals surface area contributed by atoms with Crippen LogP contribution in [0.3, 0.4) is 0 Å². The number of aromatic nitrogens is 5. The average molecular weight is 350 g/mol. The second-order valence-electron chi connectivity index (χ2n) is 5.62. The second-order valence-corrected chi connectivity index (χ2v) is 5.62. The van der Waals surface area contributed by atoms with Gasteiger partial charge in [-0.3, -0.25) is 4.79 Å². The first-order valence-electron chi connectivity index (χ1n) is 7.91. The van der Waals surface area contributed by atoms with Gasteiger partial charge in [0.25, 0.3) is 5.91 Å². The van der Waals surface area contributed by atoms with Gasteiger partial charge in [-0.05, 0) is 19.4 Å². The Morgan fingerprint density at radius 1 is 1.31 bits per heavy atom. The Balaban J connectivity index is 1.70. The van der Waals surface area contributed by atoms with Gasteiger partial charge >= 0.3 is 0 Å². The van der Waals surface area contributed by atoms with Gasteiger partial charge in [0, 0.05) is 11.8 Å². The number of rotatable bonds is 5. The lowest BCUT2D eigenvalue weighted by atomic mass is 10.2. The highest BCUT2D eigenvalue weighted by atomic mass is 16.2. The molecule has 0 aliphatic rings. The predicted octanol–water partition coefficient (Wildman–Crippen LogP) is 1.08. The molecule has 0 aliphatic heterocycles. The standard InChI is InChI=1S/C17H18N8O/c1-11-15(17(26)23-20-8-13-6-4-3-5-7-13)22-24-25(11)10-14-9-19-12(2)21-16(14)18/h3-9H,10H2,1-2H3,(H,23,26)(H2,18,19,21)/b20-8+. The van der Waals surface area contributed by atoms with Crippen LogP contribution >= 0.6 is 0 Å². The lowest BCUT2D eigenvalue weighted by Crippen LogP contribution is -2.19. The normalized spacial score (nSPS) is 11.0. The molecule has 9 heteroatoms. The molecule has 9 nitrogen and oxygen atoms in total. The number of hydrogen-bond acceptors (Lipinski definition) is 7. The molecule has 0 saturated heterocycles. The summed E-state index contributed by atoms with van der Waals surface area (Å²) < 4.78 is 1.57. The SMILES string of the molecule is Cc1ncc(Cn2nnc(C(=O)N/N=C/c3ccccc3)c2C)c(N)n1. The molecule has 26 heavy (non-hydrogen) atoms. The predicted molar refractivity (Wildman–Crippen MR) is 96.5 cm³/mol. The number of benzene rings is 1. The molecule has 3 rings (SSSR count). The summed E-state index contributed by atoms with van der Waals surface area (Å²) in [7, 11) is 0. The maximum atomic E-state index is 12.2. The van der Waals surface area contributed by atoms with Crippen LogP contribution < -0.4 is 11.2 Å². The highest BCUT2D eigenvalue weighted by molar-refractivity contribution is 5.93. The van der Waals surface area contributed by atoms with E-state index in [1.54, 1.807) is 30.9 Å². The van der Waals surface area contributed by atoms with Crippen molar-refractivity contribution in [2.75, 3.05) is 5.73 Å². The number of hydrazone groups is 1. The van der Waals surface area contributed by atoms with Gasteiger partial charge in [0.1, 0.15) is 11.6 Å². The van der Waals surface area contributed by atoms with Crippen LogP contribution in [0.1, 0.15) is 33.1 Å². The Labute approximate surface area is 150 Å². The summed E-state index contributed by atoms with van der Waals surface area (Å²) >= 11 is 0. The first kappa shape index (κ1) is 17.2. The number of carbonyl (C=O) groups excluding carboxylic acids is 1. The monoisotopic (exact) mass is 350 g/mol. The quantitative estimate of drug-likeness (QED) is 0.524. The average Bonchev–Trinajstić information content (AvgIpc) is 2.99. The van der Waals surface area contributed by atoms with E-state index in [4.69, 9.17) is 5.73 Å². The summed E-state index contributed by atoms with van der Waals surface area (Å²) in [5, 5.41) is 11.9. The van der Waals surface area contributed by atoms with E-state index in [1.807, 2.05) is 30.3 Å². The summed E-state index contributed by atoms with van der Waals surface area (Å²) in [4.78, 5) is 20.5. The summed E-state index contributed by atoms with van der Waals surface area (Å²) in [5.41, 5.74) is 10.7. The zero-order valence-corrected chi connectivity index (χ0v) is 14.4. The number of nitrogens with one attached hydrogen (secondary N) is 1. The fourth-order valence-corrected chi connectivity index (χ4v) is 2.27. The van der Waals surface area contributed by atoms with Gasteiger partial charge in [-0.1, -0.05) is 35.5 Å². The highest BCUT2D eigenvalue weighted by Crippen LogP contribution is 2.12. The Morgan fingerprint density at radius 3 is 2.81 bits per heavy atom. The van der Waals surface area contributed by atoms with Crippen LogP contribution in [0.5, 0.6) is 0 Å². The van der Waals surface area contributed by atoms with Crippen molar-refractivity contribution in [2.45, 2.75) is 20.4 Å². The van der Waals surface area contributed by atoms with Crippen LogP contribution in [0.2, 0.25) is 0 Å². The fraction of sp³-hybridized carbons (Fsp3) is 0.176. The third-order valence-electron chi connectivity index (χ3n) is 3.72. The Bertz CT molecular complexity index is 949. The van der Waals surface area contributed by atoms with Gasteiger partial charge in [-0.25, -0.2) is 20.1 Å². The van der Waals surface area contributed by atoms with Crippen LogP contribution in [0.4, 0.5) is 5.82 Å². The molecule has 0 atom stereocenters. The molecule has 0 radical (unpaired) electrons. The van der Waals surface area contributed by atoms with Crippen molar-refractivity contribution in [1.29, 1.82) is 0 Å². The number of carbonyl (C=O) groups is 1. The van der Waals surface area contributed by atoms with E-state index < -0.39 is 5.91 Å². The first-order valence-corrected chi connectivity index (χ1v) is 7.91. The van der Waals surface area contributed by atoms with E-state index in [2.05, 4.69) is 30.8 Å². The van der Waals surface area contributed by atoms with E-state index in [0.29, 0.717) is 29.4 Å². The van der Waals surface area contributed by atoms with E-state index in [1.165, 1.54) is 0 Å². The van der Waals surface area contributed by atoms with Crippen molar-refractivity contribution < 1.29 is 4.79 Å². The van der Waals surface area contributed by atoms with Gasteiger partial charge in [-0.15, -0.1) is 5.10 Å². The number of hydrogen-bond donors (Lipinski definition) is 2. The summed E-state index contributed by atoms with van der Waals surface area (Å²) in [6.45, 7) is 3.84. The molecule has 0 aliphatic carbocycles. The molecule has 0 bridgehead atoms. The first-order chi connectivity index (χ1) is 12.5. The maximum Gasteiger partial charge on any atom is 0.293 e. The van der Waals surface area contributed by atoms with Crippen molar-refractivity contribution in [3.63, 3.8) is 0 Å². The largest absolute Gasteiger partial charge is 0.383 e. The molecule has 2 heterocycles. The van der Waals surface area contributed by atoms with Gasteiger partial charge < -0.3 is 5.73 Å². The van der Waals surface area contributed by atoms with Gasteiger partial charge in [0.05, 0.1) is 18.5 Å². The molecule has 3 N–H and O–H groups in total. The van der Waals surface area contributed by atoms with Crippen LogP contribution in [0.15, 0.2) is 41.6 Å². The molecular formula is C17H18N8O. The molecule has 2 aromatic heterocycles. The molecule has 0 saturated carbocycles. The fourth-order valence-electron chi connectivity index (χ4n) is 2.27. The van der Waals surface area contributed by atoms with Gasteiger partial charge in [-0.2, -0.15) is 5.10 Å². The van der Waals surface area contributed by atoms with Crippen molar-refractivity contribution in [2.24, 2.45) is 5.10 Å². The molecule has 0 fully saturated rings. The summed E-state index contributed by atoms with van der Waals surface area (Å²) in [6, 6.07) is 9.44. The number of nitrogens with two attached hydrogens (primary N) is 1. The van der Waals surface area contributed by atoms with E-state index in [0.717, 1.165) is 5.56 Å². The molecule has 0 unspecified atom stereocenters. The smallest absolute Gasteiger partial charge is 0.293 e. The topological polar surface area (TPSA) is 124 Å². The van der Waals surface area contributed by atoms with E-state index >= 15 is 0 Å². The zero-order valence-electron chi connectivity index (χ0n) is 14.4. The third-order valence-corrected chi connectivity index (χ3v) is 3.72. The van der Waals surface area contributed by atoms with Crippen LogP contribution in [-0.4, -0.2) is 37.1 Å². The number of aryl methyl sites for hydroxylation is 1. The number of nitrogens with zero attached hydrogens (tertiary/aromatic N) is 6. The lowest BCUT2D eigenvalue weighted by Gasteiger charge is -2.06. The second kappa shape index (κ2) is 7.51. The maximum absolute atomic E-state index is 12.2. The Hall–Kier alpha value is -3.62. The molecular weight excluding hydrogens is 332 g/mol. The summed E-state index contributed by atoms with van der Waals surface area (Å²) in [6.07, 6.45) is 3.20. The molecule has 1 amide bonds. The molecule has 132 valence electrons. The molecule has 0 spiro atoms. The molecule has 1 aromatic carbocycles. The highest BCUT2D eigenvalue weighted by Gasteiger charge is 2.17. The minimum absolute atomic E-state index is 0.196. The Kier molecular flexibility index (Phi) is 4.97. The minimum atomic E-state index is -0.436. The number of nitrogen functional groups attached to an aromatic ring is 1. The lowest BCUT2D eigenvalue weighted by molar-refractivity contribution is 0.0949. The van der Waals surface area contributed by atoms with Crippen molar-refractivity contribution in [3.8, 4) is 0 Å². The van der Waals surface area contributed by atoms with E-state index in [-0.39, 0.29) is 5.69 Å². The van der Waals surface area contributed by atoms with Crippen molar-refractivity contribution >= 4 is 17.9 Å². The van der Waals surface area contributed by atoms with Crippen molar-refractivity contribution in [3.05, 3.63) is 64.9 Å². The number of amides is 1. The van der Waals surface area contributed by atoms with Gasteiger partial charge in [0.15, 0.2) is 5.69 Å². The zero-order chi connectivity index (χ0) is 18.5. The Morgan fingerprint density at radius 2 is 2.08 bits per heavy atom. The van der Waals surface area contributed by atoms with E-state index in [9.17, 15) is 4.79 Å².